The summed E-state index contributed by atoms with van der Waals surface area (Å²) in [4.78, 5) is 0.507. The first kappa shape index (κ1) is 17.4. The molecule has 126 valence electrons. The molecule has 1 aliphatic rings. The summed E-state index contributed by atoms with van der Waals surface area (Å²) < 4.78 is 25.9. The largest absolute Gasteiger partial charge is 0.393 e. The minimum Gasteiger partial charge on any atom is -0.393 e. The summed E-state index contributed by atoms with van der Waals surface area (Å²) >= 11 is 11.0. The standard InChI is InChI=1S/C18H18ClNO2S2/c1-2-11-3-5-12(6-4-11)15-16(18(20)23)17(15)24(21,22)14-9-7-13(19)8-10-14/h3-10,15-17H,2H2,1H3,(H2,20,23)/t15-,16-,17+/m1/s1. The Morgan fingerprint density at radius 3 is 2.21 bits per heavy atom. The first-order valence-electron chi connectivity index (χ1n) is 7.74. The van der Waals surface area contributed by atoms with Crippen molar-refractivity contribution in [3.63, 3.8) is 0 Å². The molecule has 0 spiro atoms. The van der Waals surface area contributed by atoms with Gasteiger partial charge in [0.25, 0.3) is 0 Å². The monoisotopic (exact) mass is 379 g/mol. The van der Waals surface area contributed by atoms with Crippen molar-refractivity contribution in [3.8, 4) is 0 Å². The van der Waals surface area contributed by atoms with E-state index in [1.54, 1.807) is 12.1 Å². The van der Waals surface area contributed by atoms with Crippen molar-refractivity contribution < 1.29 is 8.42 Å². The van der Waals surface area contributed by atoms with Crippen LogP contribution >= 0.6 is 23.8 Å². The Bertz CT molecular complexity index is 861. The SMILES string of the molecule is CCc1ccc([C@@H]2[C@@H](C(N)=S)[C@H]2S(=O)(=O)c2ccc(Cl)cc2)cc1. The van der Waals surface area contributed by atoms with E-state index < -0.39 is 15.1 Å². The lowest BCUT2D eigenvalue weighted by atomic mass is 10.1. The third kappa shape index (κ3) is 3.08. The van der Waals surface area contributed by atoms with Gasteiger partial charge in [-0.25, -0.2) is 8.42 Å². The Morgan fingerprint density at radius 2 is 1.71 bits per heavy atom. The number of hydrogen-bond donors (Lipinski definition) is 1. The first-order valence-corrected chi connectivity index (χ1v) is 10.1. The van der Waals surface area contributed by atoms with Crippen LogP contribution in [-0.4, -0.2) is 18.7 Å². The van der Waals surface area contributed by atoms with Gasteiger partial charge in [0.2, 0.25) is 0 Å². The Hall–Kier alpha value is -1.43. The molecule has 3 rings (SSSR count). The smallest absolute Gasteiger partial charge is 0.182 e. The van der Waals surface area contributed by atoms with Crippen molar-refractivity contribution in [2.24, 2.45) is 11.7 Å². The van der Waals surface area contributed by atoms with E-state index in [1.807, 2.05) is 24.3 Å². The van der Waals surface area contributed by atoms with E-state index in [0.717, 1.165) is 12.0 Å². The zero-order valence-electron chi connectivity index (χ0n) is 13.1. The van der Waals surface area contributed by atoms with Gasteiger partial charge in [0.1, 0.15) is 0 Å². The van der Waals surface area contributed by atoms with E-state index in [0.29, 0.717) is 5.02 Å². The van der Waals surface area contributed by atoms with E-state index in [9.17, 15) is 8.42 Å². The molecule has 1 saturated carbocycles. The van der Waals surface area contributed by atoms with Gasteiger partial charge < -0.3 is 5.73 Å². The molecule has 0 radical (unpaired) electrons. The van der Waals surface area contributed by atoms with Gasteiger partial charge in [-0.2, -0.15) is 0 Å². The Balaban J connectivity index is 1.96. The lowest BCUT2D eigenvalue weighted by Gasteiger charge is -2.05. The van der Waals surface area contributed by atoms with Crippen LogP contribution in [-0.2, 0) is 16.3 Å². The minimum atomic E-state index is -3.52. The molecule has 2 aromatic carbocycles. The second-order valence-electron chi connectivity index (χ2n) is 6.01. The normalized spacial score (nSPS) is 23.0. The van der Waals surface area contributed by atoms with Gasteiger partial charge in [-0.3, -0.25) is 0 Å². The highest BCUT2D eigenvalue weighted by Crippen LogP contribution is 2.54. The van der Waals surface area contributed by atoms with Crippen molar-refractivity contribution in [3.05, 3.63) is 64.7 Å². The topological polar surface area (TPSA) is 60.2 Å². The molecular weight excluding hydrogens is 362 g/mol. The van der Waals surface area contributed by atoms with E-state index in [2.05, 4.69) is 6.92 Å². The van der Waals surface area contributed by atoms with Gasteiger partial charge in [-0.1, -0.05) is 55.0 Å². The summed E-state index contributed by atoms with van der Waals surface area (Å²) in [5.41, 5.74) is 7.99. The fourth-order valence-corrected chi connectivity index (χ4v) is 5.82. The molecule has 3 atom stereocenters. The number of thiocarbonyl (C=S) groups is 1. The van der Waals surface area contributed by atoms with Crippen LogP contribution in [0.2, 0.25) is 5.02 Å². The molecular formula is C18H18ClNO2S2. The molecule has 2 aromatic rings. The van der Waals surface area contributed by atoms with E-state index in [1.165, 1.54) is 17.7 Å². The van der Waals surface area contributed by atoms with Gasteiger partial charge in [0, 0.05) is 16.9 Å². The third-order valence-corrected chi connectivity index (χ3v) is 7.31. The van der Waals surface area contributed by atoms with Crippen molar-refractivity contribution in [2.75, 3.05) is 0 Å². The number of nitrogens with two attached hydrogens (primary N) is 1. The first-order chi connectivity index (χ1) is 11.4. The molecule has 6 heteroatoms. The van der Waals surface area contributed by atoms with Crippen molar-refractivity contribution in [1.29, 1.82) is 0 Å². The Morgan fingerprint density at radius 1 is 1.12 bits per heavy atom. The van der Waals surface area contributed by atoms with Crippen LogP contribution in [0.3, 0.4) is 0 Å². The Labute approximate surface area is 152 Å². The highest BCUT2D eigenvalue weighted by molar-refractivity contribution is 7.92. The molecule has 1 aliphatic carbocycles. The maximum atomic E-state index is 13.0. The lowest BCUT2D eigenvalue weighted by Crippen LogP contribution is -2.17. The number of halogens is 1. The Kier molecular flexibility index (Phi) is 4.69. The molecule has 0 saturated heterocycles. The zero-order valence-corrected chi connectivity index (χ0v) is 15.5. The van der Waals surface area contributed by atoms with Gasteiger partial charge >= 0.3 is 0 Å². The number of sulfone groups is 1. The molecule has 0 aliphatic heterocycles. The van der Waals surface area contributed by atoms with E-state index >= 15 is 0 Å². The van der Waals surface area contributed by atoms with Crippen LogP contribution in [0.4, 0.5) is 0 Å². The molecule has 2 N–H and O–H groups in total. The van der Waals surface area contributed by atoms with Crippen LogP contribution < -0.4 is 5.73 Å². The maximum Gasteiger partial charge on any atom is 0.182 e. The maximum absolute atomic E-state index is 13.0. The van der Waals surface area contributed by atoms with Gasteiger partial charge in [-0.15, -0.1) is 0 Å². The fourth-order valence-electron chi connectivity index (χ4n) is 3.16. The minimum absolute atomic E-state index is 0.186. The number of hydrogen-bond acceptors (Lipinski definition) is 3. The number of benzene rings is 2. The molecule has 1 fully saturated rings. The molecule has 24 heavy (non-hydrogen) atoms. The van der Waals surface area contributed by atoms with Crippen LogP contribution in [0.5, 0.6) is 0 Å². The fraction of sp³-hybridized carbons (Fsp3) is 0.278. The van der Waals surface area contributed by atoms with Crippen molar-refractivity contribution in [2.45, 2.75) is 29.4 Å². The average molecular weight is 380 g/mol. The molecule has 0 unspecified atom stereocenters. The molecule has 3 nitrogen and oxygen atoms in total. The van der Waals surface area contributed by atoms with Crippen LogP contribution in [0, 0.1) is 5.92 Å². The second kappa shape index (κ2) is 6.47. The van der Waals surface area contributed by atoms with Gasteiger partial charge in [0.05, 0.1) is 15.1 Å². The predicted molar refractivity (Wildman–Crippen MR) is 101 cm³/mol. The van der Waals surface area contributed by atoms with E-state index in [4.69, 9.17) is 29.6 Å². The number of aryl methyl sites for hydroxylation is 1. The average Bonchev–Trinajstić information content (AvgIpc) is 3.32. The summed E-state index contributed by atoms with van der Waals surface area (Å²) in [6.45, 7) is 2.08. The lowest BCUT2D eigenvalue weighted by molar-refractivity contribution is 0.593. The van der Waals surface area contributed by atoms with Gasteiger partial charge in [0.15, 0.2) is 9.84 Å². The van der Waals surface area contributed by atoms with E-state index in [-0.39, 0.29) is 21.7 Å². The quantitative estimate of drug-likeness (QED) is 0.804. The molecule has 0 heterocycles. The predicted octanol–water partition coefficient (Wildman–Crippen LogP) is 3.74. The third-order valence-electron chi connectivity index (χ3n) is 4.56. The molecule has 0 bridgehead atoms. The van der Waals surface area contributed by atoms with Crippen molar-refractivity contribution in [1.82, 2.24) is 0 Å². The van der Waals surface area contributed by atoms with Crippen LogP contribution in [0.15, 0.2) is 53.4 Å². The summed E-state index contributed by atoms with van der Waals surface area (Å²) in [6, 6.07) is 14.2. The highest BCUT2D eigenvalue weighted by Gasteiger charge is 2.60. The molecule has 0 amide bonds. The van der Waals surface area contributed by atoms with Crippen LogP contribution in [0.1, 0.15) is 24.0 Å². The highest BCUT2D eigenvalue weighted by atomic mass is 35.5. The summed E-state index contributed by atoms with van der Waals surface area (Å²) in [6.07, 6.45) is 0.941. The van der Waals surface area contributed by atoms with Crippen molar-refractivity contribution >= 4 is 38.6 Å². The summed E-state index contributed by atoms with van der Waals surface area (Å²) in [7, 11) is -3.52. The second-order valence-corrected chi connectivity index (χ2v) is 9.03. The zero-order chi connectivity index (χ0) is 17.5. The van der Waals surface area contributed by atoms with Gasteiger partial charge in [-0.05, 0) is 41.8 Å². The summed E-state index contributed by atoms with van der Waals surface area (Å²) in [5, 5.41) is -0.106. The summed E-state index contributed by atoms with van der Waals surface area (Å²) in [5.74, 6) is -0.512. The number of rotatable bonds is 5. The molecule has 0 aromatic heterocycles. The van der Waals surface area contributed by atoms with Crippen LogP contribution in [0.25, 0.3) is 0 Å².